The van der Waals surface area contributed by atoms with E-state index in [1.54, 1.807) is 6.92 Å². The minimum absolute atomic E-state index is 0.0296. The summed E-state index contributed by atoms with van der Waals surface area (Å²) in [4.78, 5) is 27.0. The van der Waals surface area contributed by atoms with Gasteiger partial charge in [-0.3, -0.25) is 9.59 Å². The van der Waals surface area contributed by atoms with Gasteiger partial charge in [-0.1, -0.05) is 91.0 Å². The summed E-state index contributed by atoms with van der Waals surface area (Å²) < 4.78 is 5.79. The first kappa shape index (κ1) is 20.6. The quantitative estimate of drug-likeness (QED) is 0.518. The summed E-state index contributed by atoms with van der Waals surface area (Å²) in [5, 5.41) is 0. The summed E-state index contributed by atoms with van der Waals surface area (Å²) in [7, 11) is 0. The number of esters is 1. The topological polar surface area (TPSA) is 46.6 Å². The predicted octanol–water partition coefficient (Wildman–Crippen LogP) is 5.70. The van der Waals surface area contributed by atoms with E-state index in [4.69, 9.17) is 4.74 Å². The van der Waals surface area contributed by atoms with Crippen LogP contribution < -0.4 is 0 Å². The molecule has 2 atom stereocenters. The van der Waals surface area contributed by atoms with Crippen LogP contribution in [0.15, 0.2) is 96.8 Å². The molecule has 156 valence electrons. The van der Waals surface area contributed by atoms with Gasteiger partial charge in [-0.15, -0.1) is 0 Å². The highest BCUT2D eigenvalue weighted by molar-refractivity contribution is 5.83. The molecule has 1 aliphatic rings. The molecule has 0 saturated carbocycles. The van der Waals surface area contributed by atoms with Crippen LogP contribution in [0.25, 0.3) is 5.57 Å². The van der Waals surface area contributed by atoms with E-state index in [0.29, 0.717) is 12.2 Å². The molecular weight excluding hydrogens is 386 g/mol. The average Bonchev–Trinajstić information content (AvgIpc) is 2.79. The fourth-order valence-electron chi connectivity index (χ4n) is 4.38. The van der Waals surface area contributed by atoms with Crippen molar-refractivity contribution in [3.63, 3.8) is 0 Å². The number of benzene rings is 3. The average molecular weight is 412 g/mol. The van der Waals surface area contributed by atoms with Gasteiger partial charge in [-0.2, -0.15) is 0 Å². The highest BCUT2D eigenvalue weighted by atomic mass is 16.5. The third-order valence-corrected chi connectivity index (χ3v) is 5.58. The molecular formula is C27H25NO3. The SMILES string of the molecule is CC(=O)OC1=C(c2ccccc2)[C@@H](c2ccccc2)N(C(C)=O)[C@H](c2ccccc2)C1. The van der Waals surface area contributed by atoms with Crippen molar-refractivity contribution in [1.82, 2.24) is 4.90 Å². The van der Waals surface area contributed by atoms with Crippen LogP contribution in [0.1, 0.15) is 49.0 Å². The molecule has 0 fully saturated rings. The molecule has 0 N–H and O–H groups in total. The number of hydrogen-bond acceptors (Lipinski definition) is 3. The molecule has 4 rings (SSSR count). The van der Waals surface area contributed by atoms with Crippen LogP contribution in [0.2, 0.25) is 0 Å². The third kappa shape index (κ3) is 4.29. The van der Waals surface area contributed by atoms with Gasteiger partial charge in [0.2, 0.25) is 5.91 Å². The maximum Gasteiger partial charge on any atom is 0.307 e. The second kappa shape index (κ2) is 9.00. The molecule has 0 aliphatic carbocycles. The maximum absolute atomic E-state index is 13.1. The number of carbonyl (C=O) groups excluding carboxylic acids is 2. The van der Waals surface area contributed by atoms with E-state index in [2.05, 4.69) is 0 Å². The Bertz CT molecular complexity index is 1090. The summed E-state index contributed by atoms with van der Waals surface area (Å²) >= 11 is 0. The van der Waals surface area contributed by atoms with Crippen LogP contribution in [-0.4, -0.2) is 16.8 Å². The van der Waals surface area contributed by atoms with Crippen LogP contribution in [0, 0.1) is 0 Å². The van der Waals surface area contributed by atoms with Gasteiger partial charge in [0.1, 0.15) is 5.76 Å². The zero-order chi connectivity index (χ0) is 21.8. The van der Waals surface area contributed by atoms with Crippen molar-refractivity contribution in [1.29, 1.82) is 0 Å². The fourth-order valence-corrected chi connectivity index (χ4v) is 4.38. The van der Waals surface area contributed by atoms with Gasteiger partial charge in [0.15, 0.2) is 0 Å². The number of nitrogens with zero attached hydrogens (tertiary/aromatic N) is 1. The van der Waals surface area contributed by atoms with Crippen molar-refractivity contribution in [3.8, 4) is 0 Å². The summed E-state index contributed by atoms with van der Waals surface area (Å²) in [6, 6.07) is 29.1. The van der Waals surface area contributed by atoms with Gasteiger partial charge in [0, 0.05) is 25.8 Å². The van der Waals surface area contributed by atoms with E-state index in [1.165, 1.54) is 6.92 Å². The highest BCUT2D eigenvalue weighted by Gasteiger charge is 2.41. The van der Waals surface area contributed by atoms with Crippen LogP contribution in [-0.2, 0) is 14.3 Å². The van der Waals surface area contributed by atoms with E-state index in [0.717, 1.165) is 22.3 Å². The van der Waals surface area contributed by atoms with Crippen molar-refractivity contribution in [2.75, 3.05) is 0 Å². The van der Waals surface area contributed by atoms with Crippen molar-refractivity contribution in [3.05, 3.63) is 113 Å². The molecule has 1 aliphatic heterocycles. The Morgan fingerprint density at radius 3 is 1.81 bits per heavy atom. The van der Waals surface area contributed by atoms with Crippen LogP contribution in [0.4, 0.5) is 0 Å². The standard InChI is InChI=1S/C27H25NO3/c1-19(29)28-24(21-12-6-3-7-13-21)18-25(31-20(2)30)26(22-14-8-4-9-15-22)27(28)23-16-10-5-11-17-23/h3-17,24,27H,18H2,1-2H3/t24-,27+/m0/s1. The lowest BCUT2D eigenvalue weighted by Gasteiger charge is -2.44. The van der Waals surface area contributed by atoms with Crippen LogP contribution in [0.5, 0.6) is 0 Å². The van der Waals surface area contributed by atoms with Gasteiger partial charge in [-0.25, -0.2) is 0 Å². The van der Waals surface area contributed by atoms with Gasteiger partial charge in [-0.05, 0) is 16.7 Å². The number of amides is 1. The molecule has 0 bridgehead atoms. The number of carbonyl (C=O) groups is 2. The lowest BCUT2D eigenvalue weighted by molar-refractivity contribution is -0.138. The monoisotopic (exact) mass is 411 g/mol. The molecule has 0 radical (unpaired) electrons. The van der Waals surface area contributed by atoms with E-state index >= 15 is 0 Å². The van der Waals surface area contributed by atoms with Gasteiger partial charge >= 0.3 is 5.97 Å². The Labute approximate surface area is 182 Å². The van der Waals surface area contributed by atoms with Gasteiger partial charge < -0.3 is 9.64 Å². The Hall–Kier alpha value is -3.66. The number of rotatable bonds is 4. The van der Waals surface area contributed by atoms with Crippen molar-refractivity contribution in [2.24, 2.45) is 0 Å². The van der Waals surface area contributed by atoms with E-state index in [1.807, 2.05) is 95.9 Å². The van der Waals surface area contributed by atoms with E-state index in [9.17, 15) is 9.59 Å². The van der Waals surface area contributed by atoms with Crippen molar-refractivity contribution in [2.45, 2.75) is 32.4 Å². The summed E-state index contributed by atoms with van der Waals surface area (Å²) in [6.45, 7) is 3.02. The fraction of sp³-hybridized carbons (Fsp3) is 0.185. The molecule has 1 heterocycles. The molecule has 31 heavy (non-hydrogen) atoms. The Kier molecular flexibility index (Phi) is 5.99. The highest BCUT2D eigenvalue weighted by Crippen LogP contribution is 2.49. The number of ether oxygens (including phenoxy) is 1. The second-order valence-electron chi connectivity index (χ2n) is 7.67. The van der Waals surface area contributed by atoms with Crippen LogP contribution >= 0.6 is 0 Å². The molecule has 0 unspecified atom stereocenters. The minimum Gasteiger partial charge on any atom is -0.431 e. The maximum atomic E-state index is 13.1. The Morgan fingerprint density at radius 2 is 1.29 bits per heavy atom. The molecule has 3 aromatic rings. The first-order valence-corrected chi connectivity index (χ1v) is 10.4. The number of hydrogen-bond donors (Lipinski definition) is 0. The zero-order valence-electron chi connectivity index (χ0n) is 17.7. The normalized spacial score (nSPS) is 18.6. The van der Waals surface area contributed by atoms with E-state index in [-0.39, 0.29) is 24.0 Å². The molecule has 4 heteroatoms. The summed E-state index contributed by atoms with van der Waals surface area (Å²) in [5.74, 6) is 0.218. The molecule has 4 nitrogen and oxygen atoms in total. The van der Waals surface area contributed by atoms with Crippen LogP contribution in [0.3, 0.4) is 0 Å². The molecule has 0 saturated heterocycles. The summed E-state index contributed by atoms with van der Waals surface area (Å²) in [5.41, 5.74) is 3.77. The first-order valence-electron chi connectivity index (χ1n) is 10.4. The van der Waals surface area contributed by atoms with Gasteiger partial charge in [0.05, 0.1) is 12.1 Å². The Morgan fingerprint density at radius 1 is 0.774 bits per heavy atom. The zero-order valence-corrected chi connectivity index (χ0v) is 17.7. The smallest absolute Gasteiger partial charge is 0.307 e. The lowest BCUT2D eigenvalue weighted by Crippen LogP contribution is -2.41. The largest absolute Gasteiger partial charge is 0.431 e. The molecule has 0 spiro atoms. The van der Waals surface area contributed by atoms with Gasteiger partial charge in [0.25, 0.3) is 0 Å². The molecule has 1 amide bonds. The second-order valence-corrected chi connectivity index (χ2v) is 7.67. The lowest BCUT2D eigenvalue weighted by atomic mass is 9.82. The first-order chi connectivity index (χ1) is 15.1. The minimum atomic E-state index is -0.380. The van der Waals surface area contributed by atoms with E-state index < -0.39 is 0 Å². The molecule has 3 aromatic carbocycles. The predicted molar refractivity (Wildman–Crippen MR) is 121 cm³/mol. The van der Waals surface area contributed by atoms with Crippen molar-refractivity contribution >= 4 is 17.4 Å². The van der Waals surface area contributed by atoms with Crippen molar-refractivity contribution < 1.29 is 14.3 Å². The summed E-state index contributed by atoms with van der Waals surface area (Å²) in [6.07, 6.45) is 0.427. The Balaban J connectivity index is 1.99. The third-order valence-electron chi connectivity index (χ3n) is 5.58. The molecule has 0 aromatic heterocycles.